The van der Waals surface area contributed by atoms with E-state index in [-0.39, 0.29) is 0 Å². The predicted molar refractivity (Wildman–Crippen MR) is 51.0 cm³/mol. The van der Waals surface area contributed by atoms with E-state index in [2.05, 4.69) is 27.2 Å². The van der Waals surface area contributed by atoms with Gasteiger partial charge in [0.2, 0.25) is 0 Å². The van der Waals surface area contributed by atoms with Crippen molar-refractivity contribution in [3.8, 4) is 11.8 Å². The van der Waals surface area contributed by atoms with Gasteiger partial charge in [-0.25, -0.2) is 4.98 Å². The first kappa shape index (κ1) is 9.75. The summed E-state index contributed by atoms with van der Waals surface area (Å²) in [6.07, 6.45) is 2.56. The maximum Gasteiger partial charge on any atom is 0.151 e. The minimum absolute atomic E-state index is 0.739. The molecule has 0 unspecified atom stereocenters. The van der Waals surface area contributed by atoms with E-state index in [4.69, 9.17) is 0 Å². The van der Waals surface area contributed by atoms with Crippen LogP contribution in [-0.2, 0) is 13.5 Å². The molecule has 1 rings (SSSR count). The zero-order valence-corrected chi connectivity index (χ0v) is 8.04. The van der Waals surface area contributed by atoms with Crippen LogP contribution >= 0.6 is 0 Å². The van der Waals surface area contributed by atoms with Crippen LogP contribution < -0.4 is 5.32 Å². The normalized spacial score (nSPS) is 9.38. The monoisotopic (exact) mass is 178 g/mol. The van der Waals surface area contributed by atoms with Gasteiger partial charge in [-0.3, -0.25) is 4.68 Å². The molecule has 1 aromatic heterocycles. The molecule has 0 aliphatic rings. The van der Waals surface area contributed by atoms with Crippen molar-refractivity contribution in [2.45, 2.75) is 13.3 Å². The second-order valence-electron chi connectivity index (χ2n) is 2.69. The van der Waals surface area contributed by atoms with E-state index in [9.17, 15) is 0 Å². The summed E-state index contributed by atoms with van der Waals surface area (Å²) in [5.41, 5.74) is 0. The first-order valence-corrected chi connectivity index (χ1v) is 4.28. The lowest BCUT2D eigenvalue weighted by atomic mass is 10.4. The van der Waals surface area contributed by atoms with Gasteiger partial charge < -0.3 is 5.32 Å². The van der Waals surface area contributed by atoms with Crippen LogP contribution in [0.3, 0.4) is 0 Å². The highest BCUT2D eigenvalue weighted by atomic mass is 15.3. The Hall–Kier alpha value is -1.34. The molecule has 0 atom stereocenters. The van der Waals surface area contributed by atoms with Gasteiger partial charge in [0, 0.05) is 20.0 Å². The van der Waals surface area contributed by atoms with Crippen molar-refractivity contribution in [1.82, 2.24) is 20.1 Å². The molecule has 4 heteroatoms. The lowest BCUT2D eigenvalue weighted by Crippen LogP contribution is -2.17. The molecule has 0 spiro atoms. The zero-order chi connectivity index (χ0) is 9.52. The SMILES string of the molecule is CC#CCNCCc1ncn(C)n1. The molecule has 1 aromatic rings. The fourth-order valence-corrected chi connectivity index (χ4v) is 0.938. The van der Waals surface area contributed by atoms with Gasteiger partial charge in [-0.1, -0.05) is 5.92 Å². The smallest absolute Gasteiger partial charge is 0.151 e. The zero-order valence-electron chi connectivity index (χ0n) is 8.04. The molecular weight excluding hydrogens is 164 g/mol. The second-order valence-corrected chi connectivity index (χ2v) is 2.69. The van der Waals surface area contributed by atoms with Crippen LogP contribution in [0.1, 0.15) is 12.7 Å². The third kappa shape index (κ3) is 3.72. The van der Waals surface area contributed by atoms with Crippen molar-refractivity contribution in [3.05, 3.63) is 12.2 Å². The topological polar surface area (TPSA) is 42.7 Å². The Morgan fingerprint density at radius 2 is 2.46 bits per heavy atom. The molecular formula is C9H14N4. The van der Waals surface area contributed by atoms with Gasteiger partial charge in [0.1, 0.15) is 6.33 Å². The Morgan fingerprint density at radius 3 is 3.08 bits per heavy atom. The predicted octanol–water partition coefficient (Wildman–Crippen LogP) is -0.0295. The van der Waals surface area contributed by atoms with Crippen LogP contribution in [0.4, 0.5) is 0 Å². The quantitative estimate of drug-likeness (QED) is 0.520. The van der Waals surface area contributed by atoms with Crippen molar-refractivity contribution >= 4 is 0 Å². The van der Waals surface area contributed by atoms with Crippen molar-refractivity contribution in [3.63, 3.8) is 0 Å². The van der Waals surface area contributed by atoms with Crippen LogP contribution in [0.5, 0.6) is 0 Å². The third-order valence-corrected chi connectivity index (χ3v) is 1.56. The fraction of sp³-hybridized carbons (Fsp3) is 0.556. The number of aromatic nitrogens is 3. The molecule has 0 fully saturated rings. The highest BCUT2D eigenvalue weighted by molar-refractivity contribution is 4.97. The molecule has 1 N–H and O–H groups in total. The van der Waals surface area contributed by atoms with E-state index < -0.39 is 0 Å². The summed E-state index contributed by atoms with van der Waals surface area (Å²) in [5.74, 6) is 6.63. The lowest BCUT2D eigenvalue weighted by molar-refractivity contribution is 0.700. The van der Waals surface area contributed by atoms with Gasteiger partial charge in [-0.05, 0) is 6.92 Å². The maximum absolute atomic E-state index is 4.16. The van der Waals surface area contributed by atoms with Crippen LogP contribution in [0, 0.1) is 11.8 Å². The van der Waals surface area contributed by atoms with E-state index in [1.807, 2.05) is 14.0 Å². The first-order valence-electron chi connectivity index (χ1n) is 4.28. The highest BCUT2D eigenvalue weighted by Crippen LogP contribution is 1.87. The molecule has 13 heavy (non-hydrogen) atoms. The average Bonchev–Trinajstić information content (AvgIpc) is 2.51. The molecule has 0 amide bonds. The summed E-state index contributed by atoms with van der Waals surface area (Å²) >= 11 is 0. The van der Waals surface area contributed by atoms with E-state index in [0.29, 0.717) is 0 Å². The third-order valence-electron chi connectivity index (χ3n) is 1.56. The fourth-order valence-electron chi connectivity index (χ4n) is 0.938. The van der Waals surface area contributed by atoms with E-state index >= 15 is 0 Å². The Balaban J connectivity index is 2.15. The van der Waals surface area contributed by atoms with Gasteiger partial charge in [-0.15, -0.1) is 5.92 Å². The lowest BCUT2D eigenvalue weighted by Gasteiger charge is -1.95. The molecule has 0 aliphatic heterocycles. The Morgan fingerprint density at radius 1 is 1.62 bits per heavy atom. The van der Waals surface area contributed by atoms with Crippen LogP contribution in [0.25, 0.3) is 0 Å². The molecule has 0 aliphatic carbocycles. The molecule has 0 radical (unpaired) electrons. The number of hydrogen-bond donors (Lipinski definition) is 1. The van der Waals surface area contributed by atoms with Gasteiger partial charge in [0.15, 0.2) is 5.82 Å². The standard InChI is InChI=1S/C9H14N4/c1-3-4-6-10-7-5-9-11-8-13(2)12-9/h8,10H,5-7H2,1-2H3. The summed E-state index contributed by atoms with van der Waals surface area (Å²) in [7, 11) is 1.87. The summed E-state index contributed by atoms with van der Waals surface area (Å²) in [6.45, 7) is 3.45. The molecule has 70 valence electrons. The molecule has 0 saturated heterocycles. The van der Waals surface area contributed by atoms with E-state index in [1.54, 1.807) is 11.0 Å². The van der Waals surface area contributed by atoms with Gasteiger partial charge >= 0.3 is 0 Å². The largest absolute Gasteiger partial charge is 0.306 e. The van der Waals surface area contributed by atoms with Crippen LogP contribution in [0.2, 0.25) is 0 Å². The summed E-state index contributed by atoms with van der Waals surface area (Å²) in [6, 6.07) is 0. The van der Waals surface area contributed by atoms with Gasteiger partial charge in [0.25, 0.3) is 0 Å². The number of hydrogen-bond acceptors (Lipinski definition) is 3. The molecule has 1 heterocycles. The van der Waals surface area contributed by atoms with Crippen molar-refractivity contribution in [2.75, 3.05) is 13.1 Å². The molecule has 0 bridgehead atoms. The number of rotatable bonds is 4. The minimum atomic E-state index is 0.739. The van der Waals surface area contributed by atoms with Crippen molar-refractivity contribution < 1.29 is 0 Å². The Labute approximate surface area is 78.4 Å². The molecule has 0 aromatic carbocycles. The minimum Gasteiger partial charge on any atom is -0.306 e. The average molecular weight is 178 g/mol. The second kappa shape index (κ2) is 5.33. The number of aryl methyl sites for hydroxylation is 1. The number of nitrogens with zero attached hydrogens (tertiary/aromatic N) is 3. The summed E-state index contributed by atoms with van der Waals surface area (Å²) in [5, 5.41) is 7.34. The maximum atomic E-state index is 4.16. The van der Waals surface area contributed by atoms with E-state index in [1.165, 1.54) is 0 Å². The summed E-state index contributed by atoms with van der Waals surface area (Å²) < 4.78 is 1.71. The molecule has 4 nitrogen and oxygen atoms in total. The Kier molecular flexibility index (Phi) is 4.00. The first-order chi connectivity index (χ1) is 6.33. The Bertz CT molecular complexity index is 305. The van der Waals surface area contributed by atoms with Crippen molar-refractivity contribution in [2.24, 2.45) is 7.05 Å². The van der Waals surface area contributed by atoms with Gasteiger partial charge in [-0.2, -0.15) is 5.10 Å². The number of nitrogens with one attached hydrogen (secondary N) is 1. The van der Waals surface area contributed by atoms with Crippen LogP contribution in [-0.4, -0.2) is 27.9 Å². The summed E-state index contributed by atoms with van der Waals surface area (Å²) in [4.78, 5) is 4.11. The van der Waals surface area contributed by atoms with Gasteiger partial charge in [0.05, 0.1) is 6.54 Å². The van der Waals surface area contributed by atoms with Crippen molar-refractivity contribution in [1.29, 1.82) is 0 Å². The molecule has 0 saturated carbocycles. The van der Waals surface area contributed by atoms with E-state index in [0.717, 1.165) is 25.3 Å². The van der Waals surface area contributed by atoms with Crippen LogP contribution in [0.15, 0.2) is 6.33 Å². The highest BCUT2D eigenvalue weighted by Gasteiger charge is 1.96.